The van der Waals surface area contributed by atoms with Gasteiger partial charge in [0.15, 0.2) is 5.69 Å². The Morgan fingerprint density at radius 2 is 1.77 bits per heavy atom. The summed E-state index contributed by atoms with van der Waals surface area (Å²) in [5, 5.41) is 11.7. The molecule has 0 amide bonds. The van der Waals surface area contributed by atoms with E-state index in [0.717, 1.165) is 40.0 Å². The molecule has 4 aromatic carbocycles. The number of nitrogens with zero attached hydrogens (tertiary/aromatic N) is 4. The molecule has 1 aliphatic carbocycles. The summed E-state index contributed by atoms with van der Waals surface area (Å²) < 4.78 is 6.26. The van der Waals surface area contributed by atoms with Crippen molar-refractivity contribution in [3.63, 3.8) is 0 Å². The van der Waals surface area contributed by atoms with E-state index < -0.39 is 0 Å². The number of fused-ring (bicyclic) bond motifs is 4. The number of anilines is 1. The van der Waals surface area contributed by atoms with Gasteiger partial charge < -0.3 is 19.7 Å². The summed E-state index contributed by atoms with van der Waals surface area (Å²) in [5.41, 5.74) is 7.46. The van der Waals surface area contributed by atoms with Gasteiger partial charge in [-0.05, 0) is 58.9 Å². The first-order valence-electron chi connectivity index (χ1n) is 14.5. The Morgan fingerprint density at radius 3 is 2.52 bits per heavy atom. The summed E-state index contributed by atoms with van der Waals surface area (Å²) in [6.45, 7) is 15.8. The number of pyridine rings is 1. The van der Waals surface area contributed by atoms with Gasteiger partial charge in [0.25, 0.3) is 0 Å². The maximum atomic E-state index is 10.8. The van der Waals surface area contributed by atoms with E-state index in [1.165, 1.54) is 11.1 Å². The third kappa shape index (κ3) is 5.27. The van der Waals surface area contributed by atoms with Crippen LogP contribution in [0.4, 0.5) is 11.4 Å². The zero-order valence-corrected chi connectivity index (χ0v) is 27.2. The minimum absolute atomic E-state index is 0. The van der Waals surface area contributed by atoms with Crippen LogP contribution in [0.15, 0.2) is 89.9 Å². The fraction of sp³-hybridized carbons (Fsp3) is 0.216. The van der Waals surface area contributed by atoms with Crippen LogP contribution in [0.5, 0.6) is 17.4 Å². The van der Waals surface area contributed by atoms with Gasteiger partial charge in [0.2, 0.25) is 5.88 Å². The van der Waals surface area contributed by atoms with E-state index in [0.29, 0.717) is 22.8 Å². The van der Waals surface area contributed by atoms with Crippen LogP contribution in [0.3, 0.4) is 0 Å². The Hall–Kier alpha value is -4.46. The van der Waals surface area contributed by atoms with Crippen LogP contribution in [0.1, 0.15) is 54.6 Å². The number of hydrogen-bond donors (Lipinski definition) is 1. The monoisotopic (exact) mass is 758 g/mol. The van der Waals surface area contributed by atoms with Gasteiger partial charge in [-0.15, -0.1) is 17.2 Å². The number of hydrogen-bond acceptors (Lipinski definition) is 5. The smallest absolute Gasteiger partial charge is 0.217 e. The van der Waals surface area contributed by atoms with E-state index in [9.17, 15) is 5.11 Å². The molecule has 1 aromatic heterocycles. The van der Waals surface area contributed by atoms with Gasteiger partial charge in [-0.2, -0.15) is 0 Å². The molecule has 2 atom stereocenters. The Balaban J connectivity index is 0.00000343. The van der Waals surface area contributed by atoms with Crippen LogP contribution in [0, 0.1) is 19.6 Å². The van der Waals surface area contributed by atoms with E-state index in [-0.39, 0.29) is 44.3 Å². The molecule has 222 valence electrons. The molecule has 1 aliphatic heterocycles. The largest absolute Gasteiger partial charge is 0.506 e. The molecule has 0 bridgehead atoms. The molecule has 2 heterocycles. The average molecular weight is 759 g/mol. The van der Waals surface area contributed by atoms with E-state index >= 15 is 0 Å². The molecule has 7 rings (SSSR count). The van der Waals surface area contributed by atoms with Gasteiger partial charge in [0.1, 0.15) is 11.3 Å². The first kappa shape index (κ1) is 29.6. The van der Waals surface area contributed by atoms with Crippen molar-refractivity contribution in [3.8, 4) is 17.4 Å². The number of aliphatic imine (C=N–C) groups is 1. The standard InChI is InChI=1S/C37H31N4O2.Pt/c1-22-16-25(19-29(17-22)43-33-15-10-24-18-26(37(2,3)4)21-32(42)34(24)40-33)36-39-31-20-23-8-6-7-9-30(23)35(31)41(36)28-13-11-27(38-5)12-14-28;/h6-18,21,31,35,42H,20H2,1-4H3;/q-1;/t31-,35-;/m0./s1. The summed E-state index contributed by atoms with van der Waals surface area (Å²) in [5.74, 6) is 1.86. The average Bonchev–Trinajstić information content (AvgIpc) is 3.53. The number of ether oxygens (including phenoxy) is 1. The Morgan fingerprint density at radius 1 is 1.00 bits per heavy atom. The summed E-state index contributed by atoms with van der Waals surface area (Å²) in [6, 6.07) is 31.5. The van der Waals surface area contributed by atoms with Crippen molar-refractivity contribution in [2.45, 2.75) is 51.6 Å². The van der Waals surface area contributed by atoms with Gasteiger partial charge in [-0.3, -0.25) is 0 Å². The molecule has 0 saturated heterocycles. The molecule has 1 N–H and O–H groups in total. The SMILES string of the molecule is [C-]#[N+]c1ccc(N2C(c3[c-]c(Oc4ccc5cc(C(C)(C)C)cc(O)c5n4)cc(C)c3)=N[C@H]3Cc4ccccc4[C@@H]32)cc1.[Pt]. The third-order valence-electron chi connectivity index (χ3n) is 8.28. The van der Waals surface area contributed by atoms with Crippen molar-refractivity contribution < 1.29 is 30.9 Å². The van der Waals surface area contributed by atoms with Crippen molar-refractivity contribution in [2.24, 2.45) is 4.99 Å². The van der Waals surface area contributed by atoms with Crippen LogP contribution in [0.2, 0.25) is 0 Å². The van der Waals surface area contributed by atoms with Crippen LogP contribution in [-0.4, -0.2) is 22.0 Å². The summed E-state index contributed by atoms with van der Waals surface area (Å²) >= 11 is 0. The number of aromatic nitrogens is 1. The fourth-order valence-electron chi connectivity index (χ4n) is 6.16. The number of rotatable bonds is 4. The first-order valence-corrected chi connectivity index (χ1v) is 14.5. The third-order valence-corrected chi connectivity index (χ3v) is 8.28. The van der Waals surface area contributed by atoms with Crippen molar-refractivity contribution in [2.75, 3.05) is 4.90 Å². The molecule has 0 saturated carbocycles. The van der Waals surface area contributed by atoms with Crippen molar-refractivity contribution in [3.05, 3.63) is 130 Å². The molecule has 0 unspecified atom stereocenters. The molecule has 7 heteroatoms. The molecule has 2 aliphatic rings. The van der Waals surface area contributed by atoms with Crippen LogP contribution in [-0.2, 0) is 32.9 Å². The minimum atomic E-state index is -0.0931. The van der Waals surface area contributed by atoms with Crippen LogP contribution >= 0.6 is 0 Å². The summed E-state index contributed by atoms with van der Waals surface area (Å²) in [7, 11) is 0. The number of aromatic hydroxyl groups is 1. The molecule has 44 heavy (non-hydrogen) atoms. The Labute approximate surface area is 272 Å². The second-order valence-electron chi connectivity index (χ2n) is 12.4. The molecule has 5 aromatic rings. The van der Waals surface area contributed by atoms with Crippen molar-refractivity contribution >= 4 is 28.1 Å². The second kappa shape index (κ2) is 11.2. The Kier molecular flexibility index (Phi) is 7.56. The van der Waals surface area contributed by atoms with E-state index in [1.54, 1.807) is 6.07 Å². The fourth-order valence-corrected chi connectivity index (χ4v) is 6.16. The summed E-state index contributed by atoms with van der Waals surface area (Å²) in [6.07, 6.45) is 0.873. The van der Waals surface area contributed by atoms with Gasteiger partial charge in [-0.1, -0.05) is 76.2 Å². The molecule has 0 fully saturated rings. The van der Waals surface area contributed by atoms with Crippen LogP contribution in [0.25, 0.3) is 15.7 Å². The second-order valence-corrected chi connectivity index (χ2v) is 12.4. The minimum Gasteiger partial charge on any atom is -0.506 e. The number of phenolic OH excluding ortho intramolecular Hbond substituents is 1. The topological polar surface area (TPSA) is 62.3 Å². The van der Waals surface area contributed by atoms with Gasteiger partial charge in [0.05, 0.1) is 24.5 Å². The molecular formula is C37H31N4O2Pt-. The zero-order valence-electron chi connectivity index (χ0n) is 24.9. The Bertz CT molecular complexity index is 1970. The maximum Gasteiger partial charge on any atom is 0.217 e. The number of amidine groups is 1. The van der Waals surface area contributed by atoms with Crippen molar-refractivity contribution in [1.82, 2.24) is 4.98 Å². The predicted molar refractivity (Wildman–Crippen MR) is 171 cm³/mol. The van der Waals surface area contributed by atoms with Crippen molar-refractivity contribution in [1.29, 1.82) is 0 Å². The maximum absolute atomic E-state index is 10.8. The van der Waals surface area contributed by atoms with E-state index in [1.807, 2.05) is 49.4 Å². The molecule has 0 spiro atoms. The summed E-state index contributed by atoms with van der Waals surface area (Å²) in [4.78, 5) is 15.7. The zero-order chi connectivity index (χ0) is 29.9. The normalized spacial score (nSPS) is 17.0. The van der Waals surface area contributed by atoms with E-state index in [4.69, 9.17) is 16.3 Å². The van der Waals surface area contributed by atoms with Crippen LogP contribution < -0.4 is 9.64 Å². The first-order chi connectivity index (χ1) is 20.7. The predicted octanol–water partition coefficient (Wildman–Crippen LogP) is 8.62. The van der Waals surface area contributed by atoms with E-state index in [2.05, 4.69) is 78.0 Å². The van der Waals surface area contributed by atoms with Gasteiger partial charge >= 0.3 is 0 Å². The number of phenols is 1. The molecule has 0 radical (unpaired) electrons. The molecule has 6 nitrogen and oxygen atoms in total. The van der Waals surface area contributed by atoms with Gasteiger partial charge in [0, 0.05) is 44.0 Å². The number of benzene rings is 4. The van der Waals surface area contributed by atoms with Gasteiger partial charge in [-0.25, -0.2) is 9.83 Å². The molecular weight excluding hydrogens is 728 g/mol. The quantitative estimate of drug-likeness (QED) is 0.187. The number of aryl methyl sites for hydroxylation is 1.